The van der Waals surface area contributed by atoms with Gasteiger partial charge in [0.05, 0.1) is 0 Å². The van der Waals surface area contributed by atoms with Crippen LogP contribution in [0.4, 0.5) is 0 Å². The summed E-state index contributed by atoms with van der Waals surface area (Å²) in [7, 11) is 0. The van der Waals surface area contributed by atoms with E-state index in [9.17, 15) is 5.26 Å². The molecule has 5 heteroatoms. The van der Waals surface area contributed by atoms with Gasteiger partial charge in [0.15, 0.2) is 0 Å². The molecule has 0 aliphatic carbocycles. The van der Waals surface area contributed by atoms with Gasteiger partial charge >= 0.3 is 181 Å². The van der Waals surface area contributed by atoms with Crippen LogP contribution in [0.5, 0.6) is 5.75 Å². The van der Waals surface area contributed by atoms with E-state index in [0.29, 0.717) is 17.2 Å². The molecule has 0 aliphatic heterocycles. The summed E-state index contributed by atoms with van der Waals surface area (Å²) in [6.45, 7) is 0.526. The van der Waals surface area contributed by atoms with Gasteiger partial charge in [0.1, 0.15) is 0 Å². The van der Waals surface area contributed by atoms with Gasteiger partial charge in [0.25, 0.3) is 0 Å². The number of ether oxygens (including phenoxy) is 1. The fraction of sp³-hybridized carbons (Fsp3) is 0.0400. The summed E-state index contributed by atoms with van der Waals surface area (Å²) in [6.07, 6.45) is 1.88. The summed E-state index contributed by atoms with van der Waals surface area (Å²) in [5, 5.41) is 10.3. The van der Waals surface area contributed by atoms with E-state index in [1.807, 2.05) is 84.9 Å². The molecule has 4 aromatic rings. The second-order valence-corrected chi connectivity index (χ2v) is 8.79. The topological polar surface area (TPSA) is 45.9 Å². The number of nitrogens with zero attached hydrogens (tertiary/aromatic N) is 2. The molecule has 30 heavy (non-hydrogen) atoms. The molecular weight excluding hydrogens is 459 g/mol. The van der Waals surface area contributed by atoms with Crippen LogP contribution in [0.25, 0.3) is 22.9 Å². The Kier molecular flexibility index (Phi) is 6.47. The normalized spacial score (nSPS) is 11.1. The standard InChI is InChI=1S/C25H17ClN2OSe/c26-22-10-8-20(9-11-22)24-17-30-25(28-24)21(15-27)14-18-6-12-23(13-7-18)29-16-19-4-2-1-3-5-19/h1-14,17H,16H2. The monoisotopic (exact) mass is 476 g/mol. The fourth-order valence-corrected chi connectivity index (χ4v) is 4.65. The zero-order valence-corrected chi connectivity index (χ0v) is 18.4. The van der Waals surface area contributed by atoms with E-state index in [-0.39, 0.29) is 14.5 Å². The Morgan fingerprint density at radius 1 is 1.00 bits per heavy atom. The van der Waals surface area contributed by atoms with Crippen molar-refractivity contribution in [2.45, 2.75) is 6.61 Å². The van der Waals surface area contributed by atoms with E-state index in [2.05, 4.69) is 16.0 Å². The Labute approximate surface area is 186 Å². The molecule has 0 fully saturated rings. The molecule has 0 saturated carbocycles. The van der Waals surface area contributed by atoms with Crippen molar-refractivity contribution in [3.8, 4) is 23.1 Å². The van der Waals surface area contributed by atoms with Crippen molar-refractivity contribution < 1.29 is 4.74 Å². The quantitative estimate of drug-likeness (QED) is 0.250. The van der Waals surface area contributed by atoms with Crippen LogP contribution in [0, 0.1) is 11.3 Å². The van der Waals surface area contributed by atoms with Crippen LogP contribution < -0.4 is 4.74 Å². The van der Waals surface area contributed by atoms with E-state index >= 15 is 0 Å². The van der Waals surface area contributed by atoms with Crippen molar-refractivity contribution in [3.63, 3.8) is 0 Å². The molecular formula is C25H17ClN2OSe. The number of benzene rings is 3. The number of hydrogen-bond donors (Lipinski definition) is 0. The first-order valence-corrected chi connectivity index (χ1v) is 11.5. The molecule has 3 aromatic carbocycles. The predicted octanol–water partition coefficient (Wildman–Crippen LogP) is 6.10. The van der Waals surface area contributed by atoms with E-state index < -0.39 is 0 Å². The number of halogens is 1. The van der Waals surface area contributed by atoms with Gasteiger partial charge in [0, 0.05) is 0 Å². The molecule has 0 bridgehead atoms. The summed E-state index contributed by atoms with van der Waals surface area (Å²) in [5.41, 5.74) is 4.56. The summed E-state index contributed by atoms with van der Waals surface area (Å²) in [6, 6.07) is 27.7. The Bertz CT molecular complexity index is 1190. The third kappa shape index (κ3) is 5.09. The summed E-state index contributed by atoms with van der Waals surface area (Å²) in [4.78, 5) is 6.78. The summed E-state index contributed by atoms with van der Waals surface area (Å²) in [5.74, 6) is 0.795. The molecule has 0 radical (unpaired) electrons. The molecule has 0 unspecified atom stereocenters. The summed E-state index contributed by atoms with van der Waals surface area (Å²) >= 11 is 5.98. The van der Waals surface area contributed by atoms with Gasteiger partial charge in [0.2, 0.25) is 0 Å². The maximum absolute atomic E-state index is 9.65. The van der Waals surface area contributed by atoms with E-state index in [4.69, 9.17) is 16.3 Å². The number of nitriles is 1. The minimum atomic E-state index is 0.0231. The van der Waals surface area contributed by atoms with E-state index in [0.717, 1.165) is 32.7 Å². The second kappa shape index (κ2) is 9.61. The Morgan fingerprint density at radius 2 is 1.73 bits per heavy atom. The third-order valence-electron chi connectivity index (χ3n) is 4.43. The first-order chi connectivity index (χ1) is 14.7. The van der Waals surface area contributed by atoms with Crippen molar-refractivity contribution in [1.82, 2.24) is 4.98 Å². The number of allylic oxidation sites excluding steroid dienone is 1. The Morgan fingerprint density at radius 3 is 2.43 bits per heavy atom. The summed E-state index contributed by atoms with van der Waals surface area (Å²) < 4.78 is 6.66. The van der Waals surface area contributed by atoms with Crippen LogP contribution in [0.1, 0.15) is 15.7 Å². The van der Waals surface area contributed by atoms with Crippen molar-refractivity contribution in [1.29, 1.82) is 5.26 Å². The molecule has 0 amide bonds. The molecule has 0 atom stereocenters. The van der Waals surface area contributed by atoms with Crippen molar-refractivity contribution in [2.24, 2.45) is 0 Å². The molecule has 1 aromatic heterocycles. The zero-order valence-electron chi connectivity index (χ0n) is 16.0. The van der Waals surface area contributed by atoms with Gasteiger partial charge in [-0.15, -0.1) is 0 Å². The van der Waals surface area contributed by atoms with Gasteiger partial charge < -0.3 is 0 Å². The second-order valence-electron chi connectivity index (χ2n) is 6.56. The maximum atomic E-state index is 9.65. The van der Waals surface area contributed by atoms with Gasteiger partial charge in [-0.05, 0) is 0 Å². The molecule has 0 N–H and O–H groups in total. The fourth-order valence-electron chi connectivity index (χ4n) is 2.86. The first-order valence-electron chi connectivity index (χ1n) is 9.32. The number of hydrogen-bond acceptors (Lipinski definition) is 3. The Hall–Kier alpha value is -3.09. The molecule has 0 saturated heterocycles. The van der Waals surface area contributed by atoms with Crippen LogP contribution >= 0.6 is 11.6 Å². The van der Waals surface area contributed by atoms with Crippen LogP contribution in [0.3, 0.4) is 0 Å². The molecule has 0 aliphatic rings. The zero-order chi connectivity index (χ0) is 20.8. The first kappa shape index (κ1) is 20.2. The van der Waals surface area contributed by atoms with Crippen molar-refractivity contribution in [2.75, 3.05) is 0 Å². The van der Waals surface area contributed by atoms with E-state index in [1.165, 1.54) is 0 Å². The average molecular weight is 476 g/mol. The number of aromatic nitrogens is 1. The van der Waals surface area contributed by atoms with Crippen molar-refractivity contribution >= 4 is 37.8 Å². The van der Waals surface area contributed by atoms with Crippen LogP contribution in [-0.2, 0) is 6.61 Å². The molecule has 4 rings (SSSR count). The minimum absolute atomic E-state index is 0.0231. The van der Waals surface area contributed by atoms with E-state index in [1.54, 1.807) is 0 Å². The molecule has 0 spiro atoms. The Balaban J connectivity index is 1.47. The SMILES string of the molecule is N#CC(=Cc1ccc(OCc2ccccc2)cc1)c1nc(-c2ccc(Cl)cc2)c[se]1. The molecule has 3 nitrogen and oxygen atoms in total. The third-order valence-corrected chi connectivity index (χ3v) is 6.52. The average Bonchev–Trinajstić information content (AvgIpc) is 3.28. The van der Waals surface area contributed by atoms with Crippen molar-refractivity contribution in [3.05, 3.63) is 105 Å². The van der Waals surface area contributed by atoms with Gasteiger partial charge in [-0.3, -0.25) is 0 Å². The van der Waals surface area contributed by atoms with Crippen LogP contribution in [0.15, 0.2) is 83.8 Å². The van der Waals surface area contributed by atoms with Crippen LogP contribution in [-0.4, -0.2) is 19.5 Å². The van der Waals surface area contributed by atoms with Gasteiger partial charge in [-0.2, -0.15) is 0 Å². The number of rotatable bonds is 6. The van der Waals surface area contributed by atoms with Crippen LogP contribution in [0.2, 0.25) is 5.02 Å². The molecule has 146 valence electrons. The van der Waals surface area contributed by atoms with Gasteiger partial charge in [-0.25, -0.2) is 0 Å². The van der Waals surface area contributed by atoms with Gasteiger partial charge in [-0.1, -0.05) is 6.07 Å². The predicted molar refractivity (Wildman–Crippen MR) is 122 cm³/mol. The molecule has 1 heterocycles.